The Bertz CT molecular complexity index is 480. The van der Waals surface area contributed by atoms with E-state index in [1.165, 1.54) is 12.8 Å². The minimum Gasteiger partial charge on any atom is -0.368 e. The van der Waals surface area contributed by atoms with E-state index in [9.17, 15) is 4.79 Å². The summed E-state index contributed by atoms with van der Waals surface area (Å²) in [5.74, 6) is -0.201. The van der Waals surface area contributed by atoms with Crippen molar-refractivity contribution in [3.05, 3.63) is 18.0 Å². The van der Waals surface area contributed by atoms with E-state index in [1.54, 1.807) is 0 Å². The summed E-state index contributed by atoms with van der Waals surface area (Å²) in [4.78, 5) is 12.0. The second-order valence-electron chi connectivity index (χ2n) is 6.11. The van der Waals surface area contributed by atoms with Gasteiger partial charge in [0.1, 0.15) is 0 Å². The number of carbonyl (C=O) groups is 1. The Morgan fingerprint density at radius 1 is 1.53 bits per heavy atom. The third-order valence-corrected chi connectivity index (χ3v) is 4.36. The lowest BCUT2D eigenvalue weighted by molar-refractivity contribution is -0.126. The van der Waals surface area contributed by atoms with Crippen molar-refractivity contribution in [1.29, 1.82) is 0 Å². The number of nitrogens with two attached hydrogens (primary N) is 1. The molecule has 1 heterocycles. The molecule has 1 amide bonds. The van der Waals surface area contributed by atoms with Gasteiger partial charge in [0.25, 0.3) is 0 Å². The minimum atomic E-state index is -0.524. The Labute approximate surface area is 113 Å². The highest BCUT2D eigenvalue weighted by Crippen LogP contribution is 2.37. The summed E-state index contributed by atoms with van der Waals surface area (Å²) < 4.78 is 2.00. The topological polar surface area (TPSA) is 72.9 Å². The Morgan fingerprint density at radius 3 is 2.89 bits per heavy atom. The summed E-state index contributed by atoms with van der Waals surface area (Å²) in [6.45, 7) is 2.04. The summed E-state index contributed by atoms with van der Waals surface area (Å²) in [5.41, 5.74) is 6.33. The van der Waals surface area contributed by atoms with Crippen LogP contribution >= 0.6 is 0 Å². The van der Waals surface area contributed by atoms with E-state index in [2.05, 4.69) is 16.6 Å². The lowest BCUT2D eigenvalue weighted by atomic mass is 9.78. The zero-order valence-electron chi connectivity index (χ0n) is 11.4. The highest BCUT2D eigenvalue weighted by molar-refractivity contribution is 5.85. The average molecular weight is 262 g/mol. The van der Waals surface area contributed by atoms with Gasteiger partial charge in [0.2, 0.25) is 5.91 Å². The Morgan fingerprint density at radius 2 is 2.32 bits per heavy atom. The van der Waals surface area contributed by atoms with Crippen molar-refractivity contribution in [2.24, 2.45) is 5.73 Å². The zero-order valence-corrected chi connectivity index (χ0v) is 11.4. The highest BCUT2D eigenvalue weighted by Gasteiger charge is 2.45. The number of amides is 1. The minimum absolute atomic E-state index is 0.201. The molecule has 2 unspecified atom stereocenters. The van der Waals surface area contributed by atoms with Crippen LogP contribution in [-0.2, 0) is 4.79 Å². The summed E-state index contributed by atoms with van der Waals surface area (Å²) in [6, 6.07) is 0.770. The Kier molecular flexibility index (Phi) is 3.09. The van der Waals surface area contributed by atoms with Crippen LogP contribution in [0.2, 0.25) is 0 Å². The van der Waals surface area contributed by atoms with Crippen molar-refractivity contribution >= 4 is 5.91 Å². The SMILES string of the molecule is Cc1cnn(C2CCCC(NC3CC3)(C(N)=O)C2)c1. The van der Waals surface area contributed by atoms with Crippen molar-refractivity contribution in [2.45, 2.75) is 63.1 Å². The van der Waals surface area contributed by atoms with Crippen molar-refractivity contribution in [1.82, 2.24) is 15.1 Å². The molecule has 5 heteroatoms. The predicted molar refractivity (Wildman–Crippen MR) is 72.6 cm³/mol. The maximum atomic E-state index is 12.0. The quantitative estimate of drug-likeness (QED) is 0.858. The Balaban J connectivity index is 1.79. The van der Waals surface area contributed by atoms with Crippen LogP contribution in [0.25, 0.3) is 0 Å². The number of nitrogens with one attached hydrogen (secondary N) is 1. The number of hydrogen-bond acceptors (Lipinski definition) is 3. The molecule has 1 aromatic rings. The molecule has 19 heavy (non-hydrogen) atoms. The van der Waals surface area contributed by atoms with Crippen molar-refractivity contribution in [2.75, 3.05) is 0 Å². The van der Waals surface area contributed by atoms with Gasteiger partial charge in [-0.15, -0.1) is 0 Å². The van der Waals surface area contributed by atoms with Gasteiger partial charge in [-0.25, -0.2) is 0 Å². The van der Waals surface area contributed by atoms with Crippen LogP contribution in [0.1, 0.15) is 50.1 Å². The van der Waals surface area contributed by atoms with Gasteiger partial charge in [-0.05, 0) is 51.0 Å². The van der Waals surface area contributed by atoms with Crippen LogP contribution in [0.15, 0.2) is 12.4 Å². The molecule has 104 valence electrons. The van der Waals surface area contributed by atoms with Crippen molar-refractivity contribution < 1.29 is 4.79 Å². The van der Waals surface area contributed by atoms with Crippen LogP contribution in [0.5, 0.6) is 0 Å². The third-order valence-electron chi connectivity index (χ3n) is 4.36. The van der Waals surface area contributed by atoms with Crippen LogP contribution in [-0.4, -0.2) is 27.3 Å². The molecule has 3 N–H and O–H groups in total. The largest absolute Gasteiger partial charge is 0.368 e. The van der Waals surface area contributed by atoms with Crippen LogP contribution in [0, 0.1) is 6.92 Å². The first kappa shape index (κ1) is 12.7. The van der Waals surface area contributed by atoms with Gasteiger partial charge in [-0.2, -0.15) is 5.10 Å². The first-order valence-electron chi connectivity index (χ1n) is 7.17. The van der Waals surface area contributed by atoms with E-state index < -0.39 is 5.54 Å². The fraction of sp³-hybridized carbons (Fsp3) is 0.714. The number of carbonyl (C=O) groups excluding carboxylic acids is 1. The fourth-order valence-corrected chi connectivity index (χ4v) is 3.15. The van der Waals surface area contributed by atoms with E-state index in [1.807, 2.05) is 17.8 Å². The van der Waals surface area contributed by atoms with Gasteiger partial charge in [0, 0.05) is 12.2 Å². The lowest BCUT2D eigenvalue weighted by Gasteiger charge is -2.39. The van der Waals surface area contributed by atoms with Gasteiger partial charge >= 0.3 is 0 Å². The van der Waals surface area contributed by atoms with Gasteiger partial charge in [-0.1, -0.05) is 0 Å². The molecule has 0 saturated heterocycles. The van der Waals surface area contributed by atoms with Crippen molar-refractivity contribution in [3.63, 3.8) is 0 Å². The molecule has 2 aliphatic carbocycles. The predicted octanol–water partition coefficient (Wildman–Crippen LogP) is 1.28. The van der Waals surface area contributed by atoms with E-state index in [0.717, 1.165) is 31.2 Å². The molecule has 2 fully saturated rings. The van der Waals surface area contributed by atoms with Crippen LogP contribution in [0.3, 0.4) is 0 Å². The molecule has 3 rings (SSSR count). The molecule has 0 aromatic carbocycles. The van der Waals surface area contributed by atoms with Gasteiger partial charge < -0.3 is 11.1 Å². The second-order valence-corrected chi connectivity index (χ2v) is 6.11. The van der Waals surface area contributed by atoms with Crippen LogP contribution < -0.4 is 11.1 Å². The molecular formula is C14H22N4O. The number of aryl methyl sites for hydroxylation is 1. The monoisotopic (exact) mass is 262 g/mol. The van der Waals surface area contributed by atoms with Gasteiger partial charge in [0.15, 0.2) is 0 Å². The Hall–Kier alpha value is -1.36. The van der Waals surface area contributed by atoms with E-state index >= 15 is 0 Å². The number of rotatable bonds is 4. The van der Waals surface area contributed by atoms with Gasteiger partial charge in [0.05, 0.1) is 17.8 Å². The molecule has 0 radical (unpaired) electrons. The first-order valence-corrected chi connectivity index (χ1v) is 7.17. The number of aromatic nitrogens is 2. The second kappa shape index (κ2) is 4.63. The summed E-state index contributed by atoms with van der Waals surface area (Å²) >= 11 is 0. The number of primary amides is 1. The molecule has 5 nitrogen and oxygen atoms in total. The van der Waals surface area contributed by atoms with Crippen LogP contribution in [0.4, 0.5) is 0 Å². The van der Waals surface area contributed by atoms with Gasteiger partial charge in [-0.3, -0.25) is 9.48 Å². The highest BCUT2D eigenvalue weighted by atomic mass is 16.1. The molecule has 2 saturated carbocycles. The summed E-state index contributed by atoms with van der Waals surface area (Å²) in [6.07, 6.45) is 9.97. The molecule has 2 aliphatic rings. The third kappa shape index (κ3) is 2.52. The fourth-order valence-electron chi connectivity index (χ4n) is 3.15. The normalized spacial score (nSPS) is 31.3. The lowest BCUT2D eigenvalue weighted by Crippen LogP contribution is -2.58. The smallest absolute Gasteiger partial charge is 0.237 e. The number of hydrogen-bond donors (Lipinski definition) is 2. The molecular weight excluding hydrogens is 240 g/mol. The van der Waals surface area contributed by atoms with E-state index in [0.29, 0.717) is 6.04 Å². The molecule has 2 atom stereocenters. The first-order chi connectivity index (χ1) is 9.09. The molecule has 0 spiro atoms. The molecule has 0 bridgehead atoms. The summed E-state index contributed by atoms with van der Waals surface area (Å²) in [5, 5.41) is 7.89. The van der Waals surface area contributed by atoms with Crippen molar-refractivity contribution in [3.8, 4) is 0 Å². The average Bonchev–Trinajstić information content (AvgIpc) is 3.08. The van der Waals surface area contributed by atoms with E-state index in [4.69, 9.17) is 5.73 Å². The standard InChI is InChI=1S/C14H22N4O/c1-10-8-16-18(9-10)12-3-2-6-14(7-12,13(15)19)17-11-4-5-11/h8-9,11-12,17H,2-7H2,1H3,(H2,15,19). The molecule has 1 aromatic heterocycles. The maximum Gasteiger partial charge on any atom is 0.237 e. The zero-order chi connectivity index (χ0) is 13.5. The summed E-state index contributed by atoms with van der Waals surface area (Å²) in [7, 11) is 0. The van der Waals surface area contributed by atoms with E-state index in [-0.39, 0.29) is 11.9 Å². The maximum absolute atomic E-state index is 12.0. The number of nitrogens with zero attached hydrogens (tertiary/aromatic N) is 2. The molecule has 0 aliphatic heterocycles.